The Kier molecular flexibility index (Phi) is 8.00. The largest absolute Gasteiger partial charge is 0.351 e. The Bertz CT molecular complexity index is 1020. The zero-order valence-electron chi connectivity index (χ0n) is 16.9. The summed E-state index contributed by atoms with van der Waals surface area (Å²) in [5.74, 6) is -0.438. The summed E-state index contributed by atoms with van der Waals surface area (Å²) in [6, 6.07) is 12.3. The van der Waals surface area contributed by atoms with Crippen molar-refractivity contribution >= 4 is 40.7 Å². The molecule has 0 saturated heterocycles. The van der Waals surface area contributed by atoms with Gasteiger partial charge in [0, 0.05) is 16.6 Å². The molecule has 0 aliphatic carbocycles. The summed E-state index contributed by atoms with van der Waals surface area (Å²) in [4.78, 5) is 30.6. The first kappa shape index (κ1) is 22.7. The molecule has 0 spiro atoms. The summed E-state index contributed by atoms with van der Waals surface area (Å²) in [6.45, 7) is 2.97. The molecule has 3 aromatic rings. The molecular formula is C21H22Cl2N6O2. The van der Waals surface area contributed by atoms with E-state index in [2.05, 4.69) is 20.7 Å². The number of amides is 2. The number of benzene rings is 2. The van der Waals surface area contributed by atoms with Crippen LogP contribution in [0.25, 0.3) is 5.69 Å². The van der Waals surface area contributed by atoms with E-state index in [9.17, 15) is 9.59 Å². The monoisotopic (exact) mass is 460 g/mol. The van der Waals surface area contributed by atoms with Gasteiger partial charge in [0.25, 0.3) is 0 Å². The molecule has 10 heteroatoms. The molecule has 31 heavy (non-hydrogen) atoms. The van der Waals surface area contributed by atoms with Crippen molar-refractivity contribution in [3.63, 3.8) is 0 Å². The van der Waals surface area contributed by atoms with Crippen LogP contribution in [0.5, 0.6) is 0 Å². The zero-order valence-corrected chi connectivity index (χ0v) is 18.4. The molecule has 162 valence electrons. The molecule has 8 nitrogen and oxygen atoms in total. The third kappa shape index (κ3) is 6.78. The standard InChI is InChI=1S/C21H22Cl2N6O2/c1-2-28(11-20(30)25-10-15-3-5-16(22)6-4-15)12-21(31)27-18-9-17(23)7-8-19(18)29-14-24-13-26-29/h3-9,13-14H,2,10-12H2,1H3,(H,25,30)(H,27,31). The number of hydrogen-bond donors (Lipinski definition) is 2. The lowest BCUT2D eigenvalue weighted by atomic mass is 10.2. The lowest BCUT2D eigenvalue weighted by Gasteiger charge is -2.20. The minimum atomic E-state index is -0.268. The zero-order chi connectivity index (χ0) is 22.2. The summed E-state index contributed by atoms with van der Waals surface area (Å²) in [5.41, 5.74) is 2.09. The van der Waals surface area contributed by atoms with Crippen LogP contribution in [0.2, 0.25) is 10.0 Å². The second-order valence-electron chi connectivity index (χ2n) is 6.76. The van der Waals surface area contributed by atoms with Gasteiger partial charge in [-0.05, 0) is 42.4 Å². The molecular weight excluding hydrogens is 439 g/mol. The molecule has 0 fully saturated rings. The molecule has 0 radical (unpaired) electrons. The third-order valence-corrected chi connectivity index (χ3v) is 4.97. The Morgan fingerprint density at radius 1 is 1.03 bits per heavy atom. The van der Waals surface area contributed by atoms with Gasteiger partial charge >= 0.3 is 0 Å². The van der Waals surface area contributed by atoms with Crippen molar-refractivity contribution in [2.24, 2.45) is 0 Å². The quantitative estimate of drug-likeness (QED) is 0.511. The smallest absolute Gasteiger partial charge is 0.238 e. The molecule has 0 unspecified atom stereocenters. The Balaban J connectivity index is 1.56. The SMILES string of the molecule is CCN(CC(=O)NCc1ccc(Cl)cc1)CC(=O)Nc1cc(Cl)ccc1-n1cncn1. The van der Waals surface area contributed by atoms with E-state index < -0.39 is 0 Å². The second kappa shape index (κ2) is 10.9. The van der Waals surface area contributed by atoms with Crippen LogP contribution in [0, 0.1) is 0 Å². The number of carbonyl (C=O) groups is 2. The van der Waals surface area contributed by atoms with Crippen molar-refractivity contribution in [1.82, 2.24) is 25.0 Å². The Labute approximate surface area is 190 Å². The highest BCUT2D eigenvalue weighted by Gasteiger charge is 2.15. The van der Waals surface area contributed by atoms with Gasteiger partial charge in [-0.2, -0.15) is 5.10 Å². The van der Waals surface area contributed by atoms with Gasteiger partial charge in [-0.15, -0.1) is 0 Å². The maximum atomic E-state index is 12.6. The van der Waals surface area contributed by atoms with E-state index in [1.807, 2.05) is 19.1 Å². The number of aromatic nitrogens is 3. The number of nitrogens with zero attached hydrogens (tertiary/aromatic N) is 4. The Morgan fingerprint density at radius 3 is 2.42 bits per heavy atom. The summed E-state index contributed by atoms with van der Waals surface area (Å²) in [5, 5.41) is 10.9. The number of carbonyl (C=O) groups excluding carboxylic acids is 2. The number of hydrogen-bond acceptors (Lipinski definition) is 5. The van der Waals surface area contributed by atoms with Gasteiger partial charge in [0.15, 0.2) is 0 Å². The van der Waals surface area contributed by atoms with Crippen molar-refractivity contribution < 1.29 is 9.59 Å². The topological polar surface area (TPSA) is 92.2 Å². The van der Waals surface area contributed by atoms with Crippen LogP contribution in [-0.4, -0.2) is 51.1 Å². The molecule has 2 aromatic carbocycles. The van der Waals surface area contributed by atoms with Gasteiger partial charge in [0.1, 0.15) is 12.7 Å². The number of nitrogens with one attached hydrogen (secondary N) is 2. The first-order valence-corrected chi connectivity index (χ1v) is 10.4. The molecule has 0 aliphatic heterocycles. The number of rotatable bonds is 9. The van der Waals surface area contributed by atoms with Crippen molar-refractivity contribution in [3.8, 4) is 5.69 Å². The van der Waals surface area contributed by atoms with E-state index in [4.69, 9.17) is 23.2 Å². The average Bonchev–Trinajstić information content (AvgIpc) is 3.27. The fourth-order valence-electron chi connectivity index (χ4n) is 2.88. The van der Waals surface area contributed by atoms with Crippen LogP contribution in [0.4, 0.5) is 5.69 Å². The van der Waals surface area contributed by atoms with Crippen molar-refractivity contribution in [3.05, 3.63) is 70.7 Å². The number of likely N-dealkylation sites (N-methyl/N-ethyl adjacent to an activating group) is 1. The molecule has 0 atom stereocenters. The predicted octanol–water partition coefficient (Wildman–Crippen LogP) is 3.15. The lowest BCUT2D eigenvalue weighted by molar-refractivity contribution is -0.123. The van der Waals surface area contributed by atoms with Gasteiger partial charge in [0.05, 0.1) is 24.5 Å². The van der Waals surface area contributed by atoms with Crippen LogP contribution >= 0.6 is 23.2 Å². The Hall–Kier alpha value is -2.94. The lowest BCUT2D eigenvalue weighted by Crippen LogP contribution is -2.40. The van der Waals surface area contributed by atoms with E-state index in [0.717, 1.165) is 5.56 Å². The highest BCUT2D eigenvalue weighted by Crippen LogP contribution is 2.23. The van der Waals surface area contributed by atoms with E-state index in [-0.39, 0.29) is 24.9 Å². The fraction of sp³-hybridized carbons (Fsp3) is 0.238. The normalized spacial score (nSPS) is 10.8. The highest BCUT2D eigenvalue weighted by atomic mass is 35.5. The molecule has 1 heterocycles. The Morgan fingerprint density at radius 2 is 1.74 bits per heavy atom. The van der Waals surface area contributed by atoms with Crippen LogP contribution in [-0.2, 0) is 16.1 Å². The summed E-state index contributed by atoms with van der Waals surface area (Å²) in [6.07, 6.45) is 2.93. The van der Waals surface area contributed by atoms with Crippen molar-refractivity contribution in [2.45, 2.75) is 13.5 Å². The van der Waals surface area contributed by atoms with Gasteiger partial charge in [0.2, 0.25) is 11.8 Å². The van der Waals surface area contributed by atoms with Crippen LogP contribution < -0.4 is 10.6 Å². The first-order chi connectivity index (χ1) is 14.9. The van der Waals surface area contributed by atoms with Crippen molar-refractivity contribution in [2.75, 3.05) is 25.0 Å². The third-order valence-electron chi connectivity index (χ3n) is 4.48. The summed E-state index contributed by atoms with van der Waals surface area (Å²) in [7, 11) is 0. The predicted molar refractivity (Wildman–Crippen MR) is 120 cm³/mol. The van der Waals surface area contributed by atoms with Gasteiger partial charge < -0.3 is 10.6 Å². The molecule has 3 rings (SSSR count). The van der Waals surface area contributed by atoms with Crippen LogP contribution in [0.3, 0.4) is 0 Å². The number of halogens is 2. The minimum absolute atomic E-state index is 0.0498. The fourth-order valence-corrected chi connectivity index (χ4v) is 3.17. The van der Waals surface area contributed by atoms with Crippen LogP contribution in [0.1, 0.15) is 12.5 Å². The summed E-state index contributed by atoms with van der Waals surface area (Å²) < 4.78 is 1.54. The van der Waals surface area contributed by atoms with E-state index in [0.29, 0.717) is 34.5 Å². The van der Waals surface area contributed by atoms with E-state index >= 15 is 0 Å². The van der Waals surface area contributed by atoms with Crippen molar-refractivity contribution in [1.29, 1.82) is 0 Å². The van der Waals surface area contributed by atoms with Gasteiger partial charge in [-0.25, -0.2) is 9.67 Å². The maximum Gasteiger partial charge on any atom is 0.238 e. The second-order valence-corrected chi connectivity index (χ2v) is 7.63. The molecule has 2 amide bonds. The van der Waals surface area contributed by atoms with E-state index in [1.54, 1.807) is 35.2 Å². The molecule has 1 aromatic heterocycles. The van der Waals surface area contributed by atoms with Gasteiger partial charge in [-0.1, -0.05) is 42.3 Å². The van der Waals surface area contributed by atoms with Gasteiger partial charge in [-0.3, -0.25) is 14.5 Å². The molecule has 2 N–H and O–H groups in total. The minimum Gasteiger partial charge on any atom is -0.351 e. The maximum absolute atomic E-state index is 12.6. The average molecular weight is 461 g/mol. The molecule has 0 aliphatic rings. The van der Waals surface area contributed by atoms with E-state index in [1.165, 1.54) is 17.3 Å². The molecule has 0 saturated carbocycles. The summed E-state index contributed by atoms with van der Waals surface area (Å²) >= 11 is 12.0. The highest BCUT2D eigenvalue weighted by molar-refractivity contribution is 6.31. The first-order valence-electron chi connectivity index (χ1n) is 9.62. The van der Waals surface area contributed by atoms with Crippen LogP contribution in [0.15, 0.2) is 55.1 Å². The molecule has 0 bridgehead atoms. The number of anilines is 1.